The van der Waals surface area contributed by atoms with E-state index in [1.165, 1.54) is 0 Å². The van der Waals surface area contributed by atoms with Crippen LogP contribution in [0.5, 0.6) is 5.75 Å². The van der Waals surface area contributed by atoms with Gasteiger partial charge in [0, 0.05) is 0 Å². The van der Waals surface area contributed by atoms with E-state index in [1.807, 2.05) is 25.1 Å². The molecule has 1 heterocycles. The summed E-state index contributed by atoms with van der Waals surface area (Å²) < 4.78 is 15.8. The molecular formula is C15H20O4. The summed E-state index contributed by atoms with van der Waals surface area (Å²) in [4.78, 5) is 11.7. The summed E-state index contributed by atoms with van der Waals surface area (Å²) in [5.74, 6) is 0.582. The van der Waals surface area contributed by atoms with Crippen LogP contribution in [0.15, 0.2) is 18.2 Å². The van der Waals surface area contributed by atoms with Gasteiger partial charge < -0.3 is 14.2 Å². The van der Waals surface area contributed by atoms with Crippen LogP contribution in [0.25, 0.3) is 0 Å². The Hall–Kier alpha value is -1.55. The first-order chi connectivity index (χ1) is 9.17. The van der Waals surface area contributed by atoms with Gasteiger partial charge in [-0.05, 0) is 36.6 Å². The summed E-state index contributed by atoms with van der Waals surface area (Å²) in [6.07, 6.45) is 1.30. The minimum Gasteiger partial charge on any atom is -0.496 e. The lowest BCUT2D eigenvalue weighted by Gasteiger charge is -2.05. The zero-order valence-corrected chi connectivity index (χ0v) is 11.6. The van der Waals surface area contributed by atoms with Gasteiger partial charge in [-0.3, -0.25) is 0 Å². The summed E-state index contributed by atoms with van der Waals surface area (Å²) in [6.45, 7) is 4.51. The normalized spacial score (nSPS) is 21.0. The van der Waals surface area contributed by atoms with Crippen LogP contribution < -0.4 is 4.74 Å². The van der Waals surface area contributed by atoms with Gasteiger partial charge in [0.1, 0.15) is 11.9 Å². The second-order valence-electron chi connectivity index (χ2n) is 4.73. The van der Waals surface area contributed by atoms with Crippen LogP contribution in [-0.4, -0.2) is 25.8 Å². The van der Waals surface area contributed by atoms with Crippen LogP contribution in [0.2, 0.25) is 0 Å². The van der Waals surface area contributed by atoms with Gasteiger partial charge in [0.05, 0.1) is 13.7 Å². The highest BCUT2D eigenvalue weighted by atomic mass is 16.6. The number of epoxide rings is 1. The van der Waals surface area contributed by atoms with E-state index in [1.54, 1.807) is 7.11 Å². The fraction of sp³-hybridized carbons (Fsp3) is 0.533. The fourth-order valence-corrected chi connectivity index (χ4v) is 2.02. The van der Waals surface area contributed by atoms with Crippen molar-refractivity contribution in [3.8, 4) is 5.75 Å². The largest absolute Gasteiger partial charge is 0.496 e. The molecule has 0 saturated carbocycles. The minimum atomic E-state index is -0.440. The maximum Gasteiger partial charge on any atom is 0.338 e. The number of methoxy groups -OCH3 is 1. The van der Waals surface area contributed by atoms with Crippen molar-refractivity contribution in [2.45, 2.75) is 38.9 Å². The molecule has 1 aliphatic heterocycles. The van der Waals surface area contributed by atoms with Crippen molar-refractivity contribution in [3.05, 3.63) is 29.3 Å². The number of carbonyl (C=O) groups excluding carboxylic acids is 1. The summed E-state index contributed by atoms with van der Waals surface area (Å²) in [6, 6.07) is 5.81. The highest BCUT2D eigenvalue weighted by Gasteiger charge is 2.47. The maximum atomic E-state index is 11.7. The molecule has 0 radical (unpaired) electrons. The third-order valence-electron chi connectivity index (χ3n) is 3.21. The topological polar surface area (TPSA) is 48.1 Å². The number of unbranched alkanes of at least 4 members (excludes halogenated alkanes) is 1. The zero-order valence-electron chi connectivity index (χ0n) is 11.6. The van der Waals surface area contributed by atoms with Crippen molar-refractivity contribution < 1.29 is 19.0 Å². The molecule has 4 heteroatoms. The predicted octanol–water partition coefficient (Wildman–Crippen LogP) is 2.79. The molecule has 0 aliphatic carbocycles. The molecule has 2 atom stereocenters. The lowest BCUT2D eigenvalue weighted by atomic mass is 10.1. The molecule has 1 aromatic rings. The summed E-state index contributed by atoms with van der Waals surface area (Å²) in [7, 11) is 1.64. The van der Waals surface area contributed by atoms with E-state index in [9.17, 15) is 4.79 Å². The monoisotopic (exact) mass is 264 g/mol. The Balaban J connectivity index is 1.91. The average Bonchev–Trinajstić information content (AvgIpc) is 3.19. The van der Waals surface area contributed by atoms with Crippen LogP contribution in [0, 0.1) is 6.92 Å². The second kappa shape index (κ2) is 6.06. The number of carbonyl (C=O) groups is 1. The predicted molar refractivity (Wildman–Crippen MR) is 71.2 cm³/mol. The van der Waals surface area contributed by atoms with E-state index in [2.05, 4.69) is 6.92 Å². The third-order valence-corrected chi connectivity index (χ3v) is 3.21. The van der Waals surface area contributed by atoms with Gasteiger partial charge in [-0.1, -0.05) is 19.4 Å². The molecule has 1 fully saturated rings. The van der Waals surface area contributed by atoms with Gasteiger partial charge >= 0.3 is 5.97 Å². The fourth-order valence-electron chi connectivity index (χ4n) is 2.02. The standard InChI is InChI=1S/C15H20O4/c1-4-5-8-18-15(16)14-13(19-14)11-6-7-12(17-3)10(2)9-11/h6-7,9,13-14H,4-5,8H2,1-3H3. The first kappa shape index (κ1) is 13.9. The van der Waals surface area contributed by atoms with E-state index < -0.39 is 6.10 Å². The van der Waals surface area contributed by atoms with Crippen molar-refractivity contribution in [2.75, 3.05) is 13.7 Å². The van der Waals surface area contributed by atoms with Gasteiger partial charge in [0.25, 0.3) is 0 Å². The van der Waals surface area contributed by atoms with E-state index in [0.717, 1.165) is 29.7 Å². The lowest BCUT2D eigenvalue weighted by Crippen LogP contribution is -2.13. The number of hydrogen-bond acceptors (Lipinski definition) is 4. The number of hydrogen-bond donors (Lipinski definition) is 0. The molecular weight excluding hydrogens is 244 g/mol. The Morgan fingerprint density at radius 1 is 1.42 bits per heavy atom. The first-order valence-corrected chi connectivity index (χ1v) is 6.64. The molecule has 0 aromatic heterocycles. The minimum absolute atomic E-state index is 0.168. The molecule has 0 bridgehead atoms. The summed E-state index contributed by atoms with van der Waals surface area (Å²) in [5.41, 5.74) is 2.03. The van der Waals surface area contributed by atoms with Gasteiger partial charge in [0.15, 0.2) is 6.10 Å². The van der Waals surface area contributed by atoms with Crippen LogP contribution in [0.3, 0.4) is 0 Å². The Kier molecular flexibility index (Phi) is 4.43. The van der Waals surface area contributed by atoms with E-state index in [-0.39, 0.29) is 12.1 Å². The molecule has 1 aromatic carbocycles. The SMILES string of the molecule is CCCCOC(=O)C1OC1c1ccc(OC)c(C)c1. The van der Waals surface area contributed by atoms with E-state index in [0.29, 0.717) is 6.61 Å². The van der Waals surface area contributed by atoms with E-state index >= 15 is 0 Å². The van der Waals surface area contributed by atoms with E-state index in [4.69, 9.17) is 14.2 Å². The highest BCUT2D eigenvalue weighted by molar-refractivity contribution is 5.78. The average molecular weight is 264 g/mol. The molecule has 2 unspecified atom stereocenters. The Bertz CT molecular complexity index is 455. The van der Waals surface area contributed by atoms with Crippen molar-refractivity contribution >= 4 is 5.97 Å². The van der Waals surface area contributed by atoms with Crippen molar-refractivity contribution in [1.82, 2.24) is 0 Å². The number of benzene rings is 1. The summed E-state index contributed by atoms with van der Waals surface area (Å²) >= 11 is 0. The number of esters is 1. The molecule has 0 spiro atoms. The molecule has 1 saturated heterocycles. The van der Waals surface area contributed by atoms with Crippen LogP contribution in [0.4, 0.5) is 0 Å². The molecule has 19 heavy (non-hydrogen) atoms. The van der Waals surface area contributed by atoms with Gasteiger partial charge in [-0.25, -0.2) is 4.79 Å². The Labute approximate surface area is 113 Å². The third kappa shape index (κ3) is 3.26. The van der Waals surface area contributed by atoms with Crippen molar-refractivity contribution in [1.29, 1.82) is 0 Å². The van der Waals surface area contributed by atoms with Crippen molar-refractivity contribution in [2.24, 2.45) is 0 Å². The molecule has 0 N–H and O–H groups in total. The second-order valence-corrected chi connectivity index (χ2v) is 4.73. The molecule has 0 amide bonds. The quantitative estimate of drug-likeness (QED) is 0.450. The van der Waals surface area contributed by atoms with Crippen molar-refractivity contribution in [3.63, 3.8) is 0 Å². The van der Waals surface area contributed by atoms with Gasteiger partial charge in [0.2, 0.25) is 0 Å². The maximum absolute atomic E-state index is 11.7. The highest BCUT2D eigenvalue weighted by Crippen LogP contribution is 2.40. The van der Waals surface area contributed by atoms with Crippen LogP contribution in [-0.2, 0) is 14.3 Å². The number of rotatable bonds is 6. The summed E-state index contributed by atoms with van der Waals surface area (Å²) in [5, 5.41) is 0. The number of ether oxygens (including phenoxy) is 3. The smallest absolute Gasteiger partial charge is 0.338 e. The Morgan fingerprint density at radius 3 is 2.84 bits per heavy atom. The zero-order chi connectivity index (χ0) is 13.8. The number of aryl methyl sites for hydroxylation is 1. The first-order valence-electron chi connectivity index (χ1n) is 6.64. The molecule has 2 rings (SSSR count). The molecule has 104 valence electrons. The van der Waals surface area contributed by atoms with Crippen LogP contribution in [0.1, 0.15) is 37.0 Å². The molecule has 4 nitrogen and oxygen atoms in total. The lowest BCUT2D eigenvalue weighted by molar-refractivity contribution is -0.145. The molecule has 1 aliphatic rings. The Morgan fingerprint density at radius 2 is 2.21 bits per heavy atom. The van der Waals surface area contributed by atoms with Gasteiger partial charge in [-0.15, -0.1) is 0 Å². The van der Waals surface area contributed by atoms with Gasteiger partial charge in [-0.2, -0.15) is 0 Å². The van der Waals surface area contributed by atoms with Crippen LogP contribution >= 0.6 is 0 Å².